The summed E-state index contributed by atoms with van der Waals surface area (Å²) in [6.07, 6.45) is 2.79. The number of benzene rings is 1. The van der Waals surface area contributed by atoms with Gasteiger partial charge in [-0.25, -0.2) is 4.79 Å². The fourth-order valence-corrected chi connectivity index (χ4v) is 1.84. The molecule has 0 bridgehead atoms. The van der Waals surface area contributed by atoms with Gasteiger partial charge in [0, 0.05) is 28.2 Å². The molecular formula is C13H13NO2. The third-order valence-corrected chi connectivity index (χ3v) is 2.58. The number of aryl methyl sites for hydroxylation is 2. The van der Waals surface area contributed by atoms with Crippen molar-refractivity contribution in [1.29, 1.82) is 0 Å². The minimum Gasteiger partial charge on any atom is -0.478 e. The van der Waals surface area contributed by atoms with E-state index in [-0.39, 0.29) is 0 Å². The monoisotopic (exact) mass is 215 g/mol. The molecule has 0 atom stereocenters. The molecule has 0 saturated heterocycles. The number of hydrogen-bond donors (Lipinski definition) is 2. The van der Waals surface area contributed by atoms with Gasteiger partial charge >= 0.3 is 5.97 Å². The van der Waals surface area contributed by atoms with Crippen molar-refractivity contribution >= 4 is 22.9 Å². The third kappa shape index (κ3) is 1.84. The molecular weight excluding hydrogens is 202 g/mol. The molecule has 1 aromatic carbocycles. The van der Waals surface area contributed by atoms with Crippen LogP contribution in [-0.4, -0.2) is 16.1 Å². The minimum absolute atomic E-state index is 0.930. The number of nitrogens with one attached hydrogen (secondary N) is 1. The van der Waals surface area contributed by atoms with Gasteiger partial charge in [0.15, 0.2) is 0 Å². The van der Waals surface area contributed by atoms with Crippen molar-refractivity contribution in [2.24, 2.45) is 0 Å². The van der Waals surface area contributed by atoms with E-state index in [0.29, 0.717) is 0 Å². The van der Waals surface area contributed by atoms with Crippen LogP contribution >= 0.6 is 0 Å². The molecule has 3 heteroatoms. The Labute approximate surface area is 93.4 Å². The summed E-state index contributed by atoms with van der Waals surface area (Å²) in [5.74, 6) is -0.930. The number of H-pyrrole nitrogens is 1. The van der Waals surface area contributed by atoms with Gasteiger partial charge in [-0.2, -0.15) is 0 Å². The first-order valence-electron chi connectivity index (χ1n) is 5.08. The maximum Gasteiger partial charge on any atom is 0.328 e. The van der Waals surface area contributed by atoms with E-state index in [4.69, 9.17) is 5.11 Å². The number of carbonyl (C=O) groups is 1. The van der Waals surface area contributed by atoms with Crippen molar-refractivity contribution in [3.8, 4) is 0 Å². The zero-order valence-electron chi connectivity index (χ0n) is 9.24. The van der Waals surface area contributed by atoms with Crippen LogP contribution in [0.3, 0.4) is 0 Å². The molecule has 2 rings (SSSR count). The fourth-order valence-electron chi connectivity index (χ4n) is 1.84. The molecule has 0 radical (unpaired) electrons. The Morgan fingerprint density at radius 3 is 2.81 bits per heavy atom. The zero-order chi connectivity index (χ0) is 11.7. The third-order valence-electron chi connectivity index (χ3n) is 2.58. The summed E-state index contributed by atoms with van der Waals surface area (Å²) < 4.78 is 0. The van der Waals surface area contributed by atoms with Gasteiger partial charge in [-0.1, -0.05) is 12.1 Å². The summed E-state index contributed by atoms with van der Waals surface area (Å²) in [6, 6.07) is 6.09. The van der Waals surface area contributed by atoms with Gasteiger partial charge in [0.2, 0.25) is 0 Å². The minimum atomic E-state index is -0.930. The van der Waals surface area contributed by atoms with Crippen molar-refractivity contribution in [2.45, 2.75) is 13.8 Å². The van der Waals surface area contributed by atoms with Crippen molar-refractivity contribution in [2.75, 3.05) is 0 Å². The molecule has 16 heavy (non-hydrogen) atoms. The Morgan fingerprint density at radius 2 is 2.12 bits per heavy atom. The van der Waals surface area contributed by atoms with Crippen LogP contribution in [0.15, 0.2) is 24.3 Å². The Balaban J connectivity index is 2.60. The molecule has 3 nitrogen and oxygen atoms in total. The first kappa shape index (κ1) is 10.5. The highest BCUT2D eigenvalue weighted by molar-refractivity contribution is 5.94. The van der Waals surface area contributed by atoms with Gasteiger partial charge in [-0.3, -0.25) is 0 Å². The SMILES string of the molecule is Cc1ccc2c(/C=C/C(=O)O)c(C)[nH]c2c1. The lowest BCUT2D eigenvalue weighted by Gasteiger charge is -1.94. The van der Waals surface area contributed by atoms with Crippen LogP contribution in [0.2, 0.25) is 0 Å². The predicted octanol–water partition coefficient (Wildman–Crippen LogP) is 2.88. The molecule has 0 fully saturated rings. The van der Waals surface area contributed by atoms with E-state index in [2.05, 4.69) is 11.1 Å². The highest BCUT2D eigenvalue weighted by atomic mass is 16.4. The fraction of sp³-hybridized carbons (Fsp3) is 0.154. The highest BCUT2D eigenvalue weighted by Crippen LogP contribution is 2.24. The number of carboxylic acids is 1. The summed E-state index contributed by atoms with van der Waals surface area (Å²) in [5.41, 5.74) is 4.15. The van der Waals surface area contributed by atoms with Crippen molar-refractivity contribution in [3.05, 3.63) is 41.1 Å². The van der Waals surface area contributed by atoms with Crippen LogP contribution in [0.4, 0.5) is 0 Å². The van der Waals surface area contributed by atoms with E-state index in [9.17, 15) is 4.79 Å². The van der Waals surface area contributed by atoms with Crippen LogP contribution < -0.4 is 0 Å². The summed E-state index contributed by atoms with van der Waals surface area (Å²) in [4.78, 5) is 13.7. The predicted molar refractivity (Wildman–Crippen MR) is 64.4 cm³/mol. The summed E-state index contributed by atoms with van der Waals surface area (Å²) in [6.45, 7) is 3.97. The number of carboxylic acid groups (broad SMARTS) is 1. The topological polar surface area (TPSA) is 53.1 Å². The summed E-state index contributed by atoms with van der Waals surface area (Å²) in [5, 5.41) is 9.68. The molecule has 0 aliphatic rings. The normalized spacial score (nSPS) is 11.4. The van der Waals surface area contributed by atoms with Crippen LogP contribution in [0, 0.1) is 13.8 Å². The van der Waals surface area contributed by atoms with Gasteiger partial charge in [-0.15, -0.1) is 0 Å². The number of aliphatic carboxylic acids is 1. The highest BCUT2D eigenvalue weighted by Gasteiger charge is 2.05. The van der Waals surface area contributed by atoms with E-state index in [1.807, 2.05) is 26.0 Å². The first-order valence-corrected chi connectivity index (χ1v) is 5.08. The molecule has 2 N–H and O–H groups in total. The van der Waals surface area contributed by atoms with Crippen molar-refractivity contribution < 1.29 is 9.90 Å². The molecule has 0 aliphatic carbocycles. The van der Waals surface area contributed by atoms with Gasteiger partial charge in [0.25, 0.3) is 0 Å². The van der Waals surface area contributed by atoms with Crippen molar-refractivity contribution in [1.82, 2.24) is 4.98 Å². The zero-order valence-corrected chi connectivity index (χ0v) is 9.24. The van der Waals surface area contributed by atoms with Gasteiger partial charge in [0.05, 0.1) is 0 Å². The summed E-state index contributed by atoms with van der Waals surface area (Å²) in [7, 11) is 0. The molecule has 1 heterocycles. The van der Waals surface area contributed by atoms with Crippen molar-refractivity contribution in [3.63, 3.8) is 0 Å². The second-order valence-electron chi connectivity index (χ2n) is 3.88. The standard InChI is InChI=1S/C13H13NO2/c1-8-3-4-11-10(5-6-13(15)16)9(2)14-12(11)7-8/h3-7,14H,1-2H3,(H,15,16)/b6-5+. The molecule has 0 unspecified atom stereocenters. The quantitative estimate of drug-likeness (QED) is 0.757. The number of rotatable bonds is 2. The number of aromatic amines is 1. The number of fused-ring (bicyclic) bond motifs is 1. The lowest BCUT2D eigenvalue weighted by molar-refractivity contribution is -0.131. The second-order valence-corrected chi connectivity index (χ2v) is 3.88. The lowest BCUT2D eigenvalue weighted by Crippen LogP contribution is -1.86. The first-order chi connectivity index (χ1) is 7.58. The Bertz CT molecular complexity index is 579. The molecule has 82 valence electrons. The van der Waals surface area contributed by atoms with E-state index < -0.39 is 5.97 Å². The Hall–Kier alpha value is -2.03. The summed E-state index contributed by atoms with van der Waals surface area (Å²) >= 11 is 0. The van der Waals surface area contributed by atoms with E-state index >= 15 is 0 Å². The van der Waals surface area contributed by atoms with Gasteiger partial charge in [-0.05, 0) is 31.6 Å². The number of aromatic nitrogens is 1. The molecule has 0 aliphatic heterocycles. The van der Waals surface area contributed by atoms with E-state index in [1.165, 1.54) is 5.56 Å². The van der Waals surface area contributed by atoms with E-state index in [0.717, 1.165) is 28.2 Å². The molecule has 0 saturated carbocycles. The average molecular weight is 215 g/mol. The number of hydrogen-bond acceptors (Lipinski definition) is 1. The van der Waals surface area contributed by atoms with Gasteiger partial charge in [0.1, 0.15) is 0 Å². The largest absolute Gasteiger partial charge is 0.478 e. The van der Waals surface area contributed by atoms with E-state index in [1.54, 1.807) is 6.08 Å². The van der Waals surface area contributed by atoms with Crippen LogP contribution in [0.25, 0.3) is 17.0 Å². The molecule has 0 amide bonds. The van der Waals surface area contributed by atoms with Crippen LogP contribution in [-0.2, 0) is 4.79 Å². The average Bonchev–Trinajstić information content (AvgIpc) is 2.50. The van der Waals surface area contributed by atoms with Gasteiger partial charge < -0.3 is 10.1 Å². The van der Waals surface area contributed by atoms with Crippen LogP contribution in [0.1, 0.15) is 16.8 Å². The maximum absolute atomic E-state index is 10.5. The molecule has 0 spiro atoms. The molecule has 1 aromatic heterocycles. The van der Waals surface area contributed by atoms with Crippen LogP contribution in [0.5, 0.6) is 0 Å². The Morgan fingerprint density at radius 1 is 1.38 bits per heavy atom. The molecule has 2 aromatic rings. The lowest BCUT2D eigenvalue weighted by atomic mass is 10.1. The second kappa shape index (κ2) is 3.85. The smallest absolute Gasteiger partial charge is 0.328 e. The Kier molecular flexibility index (Phi) is 2.52. The maximum atomic E-state index is 10.5.